The van der Waals surface area contributed by atoms with Crippen molar-refractivity contribution in [3.63, 3.8) is 0 Å². The maximum Gasteiger partial charge on any atom is 0.226 e. The van der Waals surface area contributed by atoms with E-state index < -0.39 is 0 Å². The monoisotopic (exact) mass is 264 g/mol. The van der Waals surface area contributed by atoms with Crippen LogP contribution >= 0.6 is 0 Å². The molecule has 1 N–H and O–H groups in total. The standard InChI is InChI=1S/C14H24N4O/c1-11-9-13(19-3)17-14(15-11)16-12(2)10-18-7-5-4-6-8-18/h9,12H,4-8,10H2,1-3H3,(H,15,16,17). The zero-order valence-corrected chi connectivity index (χ0v) is 12.1. The topological polar surface area (TPSA) is 50.3 Å². The molecular weight excluding hydrogens is 240 g/mol. The summed E-state index contributed by atoms with van der Waals surface area (Å²) in [5.74, 6) is 1.27. The molecule has 5 nitrogen and oxygen atoms in total. The van der Waals surface area contributed by atoms with Crippen molar-refractivity contribution in [3.8, 4) is 5.88 Å². The van der Waals surface area contributed by atoms with E-state index in [1.165, 1.54) is 32.4 Å². The van der Waals surface area contributed by atoms with Crippen molar-refractivity contribution in [2.75, 3.05) is 32.1 Å². The molecule has 1 aromatic heterocycles. The smallest absolute Gasteiger partial charge is 0.226 e. The third-order valence-electron chi connectivity index (χ3n) is 3.40. The summed E-state index contributed by atoms with van der Waals surface area (Å²) in [7, 11) is 1.63. The third-order valence-corrected chi connectivity index (χ3v) is 3.40. The van der Waals surface area contributed by atoms with Crippen LogP contribution in [0.2, 0.25) is 0 Å². The highest BCUT2D eigenvalue weighted by Gasteiger charge is 2.14. The van der Waals surface area contributed by atoms with E-state index >= 15 is 0 Å². The summed E-state index contributed by atoms with van der Waals surface area (Å²) in [6, 6.07) is 2.17. The summed E-state index contributed by atoms with van der Waals surface area (Å²) in [6.45, 7) is 7.59. The van der Waals surface area contributed by atoms with Gasteiger partial charge in [-0.3, -0.25) is 0 Å². The fraction of sp³-hybridized carbons (Fsp3) is 0.714. The Hall–Kier alpha value is -1.36. The van der Waals surface area contributed by atoms with Gasteiger partial charge in [0.15, 0.2) is 0 Å². The minimum atomic E-state index is 0.338. The fourth-order valence-corrected chi connectivity index (χ4v) is 2.50. The summed E-state index contributed by atoms with van der Waals surface area (Å²) in [6.07, 6.45) is 4.01. The first-order valence-electron chi connectivity index (χ1n) is 7.06. The molecule has 1 aliphatic heterocycles. The molecule has 5 heteroatoms. The van der Waals surface area contributed by atoms with Gasteiger partial charge in [-0.2, -0.15) is 4.98 Å². The molecule has 19 heavy (non-hydrogen) atoms. The summed E-state index contributed by atoms with van der Waals surface area (Å²) in [5.41, 5.74) is 0.916. The predicted molar refractivity (Wildman–Crippen MR) is 76.7 cm³/mol. The lowest BCUT2D eigenvalue weighted by molar-refractivity contribution is 0.223. The first kappa shape index (κ1) is 14.1. The highest BCUT2D eigenvalue weighted by atomic mass is 16.5. The maximum atomic E-state index is 5.17. The highest BCUT2D eigenvalue weighted by molar-refractivity contribution is 5.31. The number of likely N-dealkylation sites (tertiary alicyclic amines) is 1. The molecule has 1 aliphatic rings. The molecule has 1 aromatic rings. The van der Waals surface area contributed by atoms with Crippen LogP contribution < -0.4 is 10.1 Å². The molecule has 2 rings (SSSR count). The lowest BCUT2D eigenvalue weighted by Crippen LogP contribution is -2.38. The van der Waals surface area contributed by atoms with Crippen LogP contribution in [0.4, 0.5) is 5.95 Å². The molecular formula is C14H24N4O. The number of aromatic nitrogens is 2. The van der Waals surface area contributed by atoms with E-state index in [9.17, 15) is 0 Å². The molecule has 0 radical (unpaired) electrons. The average Bonchev–Trinajstić information content (AvgIpc) is 2.38. The zero-order chi connectivity index (χ0) is 13.7. The fourth-order valence-electron chi connectivity index (χ4n) is 2.50. The van der Waals surface area contributed by atoms with Crippen molar-refractivity contribution in [3.05, 3.63) is 11.8 Å². The second-order valence-electron chi connectivity index (χ2n) is 5.28. The Morgan fingerprint density at radius 3 is 2.74 bits per heavy atom. The average molecular weight is 264 g/mol. The van der Waals surface area contributed by atoms with Crippen molar-refractivity contribution in [2.24, 2.45) is 0 Å². The van der Waals surface area contributed by atoms with E-state index in [0.717, 1.165) is 12.2 Å². The van der Waals surface area contributed by atoms with Crippen LogP contribution in [0.25, 0.3) is 0 Å². The van der Waals surface area contributed by atoms with Gasteiger partial charge in [-0.25, -0.2) is 4.98 Å². The van der Waals surface area contributed by atoms with Gasteiger partial charge in [0.25, 0.3) is 0 Å². The number of aryl methyl sites for hydroxylation is 1. The van der Waals surface area contributed by atoms with Crippen LogP contribution in [0.15, 0.2) is 6.07 Å². The summed E-state index contributed by atoms with van der Waals surface area (Å²) >= 11 is 0. The molecule has 0 amide bonds. The third kappa shape index (κ3) is 4.35. The molecule has 1 saturated heterocycles. The SMILES string of the molecule is COc1cc(C)nc(NC(C)CN2CCCCC2)n1. The molecule has 0 aromatic carbocycles. The number of nitrogens with one attached hydrogen (secondary N) is 1. The second kappa shape index (κ2) is 6.70. The Balaban J connectivity index is 1.90. The van der Waals surface area contributed by atoms with Gasteiger partial charge in [-0.15, -0.1) is 0 Å². The minimum Gasteiger partial charge on any atom is -0.481 e. The number of methoxy groups -OCH3 is 1. The van der Waals surface area contributed by atoms with Crippen LogP contribution in [0.3, 0.4) is 0 Å². The van der Waals surface area contributed by atoms with Crippen molar-refractivity contribution in [1.29, 1.82) is 0 Å². The van der Waals surface area contributed by atoms with Crippen LogP contribution in [-0.2, 0) is 0 Å². The van der Waals surface area contributed by atoms with Crippen molar-refractivity contribution in [2.45, 2.75) is 39.2 Å². The van der Waals surface area contributed by atoms with Gasteiger partial charge in [0.2, 0.25) is 11.8 Å². The normalized spacial score (nSPS) is 18.1. The van der Waals surface area contributed by atoms with Crippen LogP contribution in [0, 0.1) is 6.92 Å². The first-order chi connectivity index (χ1) is 9.17. The molecule has 1 atom stereocenters. The quantitative estimate of drug-likeness (QED) is 0.882. The number of nitrogens with zero attached hydrogens (tertiary/aromatic N) is 3. The molecule has 0 spiro atoms. The lowest BCUT2D eigenvalue weighted by Gasteiger charge is -2.29. The number of ether oxygens (including phenoxy) is 1. The molecule has 0 aliphatic carbocycles. The highest BCUT2D eigenvalue weighted by Crippen LogP contribution is 2.13. The molecule has 1 fully saturated rings. The van der Waals surface area contributed by atoms with Gasteiger partial charge >= 0.3 is 0 Å². The summed E-state index contributed by atoms with van der Waals surface area (Å²) in [4.78, 5) is 11.2. The second-order valence-corrected chi connectivity index (χ2v) is 5.28. The minimum absolute atomic E-state index is 0.338. The van der Waals surface area contributed by atoms with Crippen molar-refractivity contribution in [1.82, 2.24) is 14.9 Å². The van der Waals surface area contributed by atoms with Crippen LogP contribution in [0.1, 0.15) is 31.9 Å². The van der Waals surface area contributed by atoms with Crippen molar-refractivity contribution < 1.29 is 4.74 Å². The van der Waals surface area contributed by atoms with Gasteiger partial charge in [0.05, 0.1) is 7.11 Å². The van der Waals surface area contributed by atoms with E-state index in [-0.39, 0.29) is 0 Å². The Morgan fingerprint density at radius 1 is 1.32 bits per heavy atom. The lowest BCUT2D eigenvalue weighted by atomic mass is 10.1. The van der Waals surface area contributed by atoms with Crippen LogP contribution in [0.5, 0.6) is 5.88 Å². The molecule has 2 heterocycles. The number of hydrogen-bond acceptors (Lipinski definition) is 5. The number of piperidine rings is 1. The largest absolute Gasteiger partial charge is 0.481 e. The zero-order valence-electron chi connectivity index (χ0n) is 12.1. The Morgan fingerprint density at radius 2 is 2.05 bits per heavy atom. The van der Waals surface area contributed by atoms with E-state index in [1.807, 2.05) is 13.0 Å². The van der Waals surface area contributed by atoms with Crippen molar-refractivity contribution >= 4 is 5.95 Å². The Bertz CT molecular complexity index is 404. The van der Waals surface area contributed by atoms with Gasteiger partial charge in [-0.05, 0) is 39.8 Å². The predicted octanol–water partition coefficient (Wildman–Crippen LogP) is 2.08. The molecule has 106 valence electrons. The van der Waals surface area contributed by atoms with E-state index in [1.54, 1.807) is 7.11 Å². The summed E-state index contributed by atoms with van der Waals surface area (Å²) < 4.78 is 5.17. The number of hydrogen-bond donors (Lipinski definition) is 1. The molecule has 0 bridgehead atoms. The van der Waals surface area contributed by atoms with E-state index in [2.05, 4.69) is 27.1 Å². The maximum absolute atomic E-state index is 5.17. The Labute approximate surface area is 115 Å². The number of rotatable bonds is 5. The summed E-state index contributed by atoms with van der Waals surface area (Å²) in [5, 5.41) is 3.36. The van der Waals surface area contributed by atoms with Gasteiger partial charge in [0, 0.05) is 24.3 Å². The molecule has 0 saturated carbocycles. The van der Waals surface area contributed by atoms with Gasteiger partial charge in [-0.1, -0.05) is 6.42 Å². The number of anilines is 1. The van der Waals surface area contributed by atoms with E-state index in [4.69, 9.17) is 4.74 Å². The molecule has 1 unspecified atom stereocenters. The van der Waals surface area contributed by atoms with Gasteiger partial charge < -0.3 is 15.0 Å². The Kier molecular flexibility index (Phi) is 4.96. The van der Waals surface area contributed by atoms with E-state index in [0.29, 0.717) is 17.9 Å². The van der Waals surface area contributed by atoms with Crippen LogP contribution in [-0.4, -0.2) is 47.7 Å². The van der Waals surface area contributed by atoms with Gasteiger partial charge in [0.1, 0.15) is 0 Å². The first-order valence-corrected chi connectivity index (χ1v) is 7.06.